The van der Waals surface area contributed by atoms with E-state index in [0.717, 1.165) is 27.7 Å². The van der Waals surface area contributed by atoms with Gasteiger partial charge in [-0.05, 0) is 38.1 Å². The normalized spacial score (nSPS) is 11.6. The third kappa shape index (κ3) is 3.68. The molecule has 0 saturated carbocycles. The van der Waals surface area contributed by atoms with Gasteiger partial charge in [-0.15, -0.1) is 11.3 Å². The summed E-state index contributed by atoms with van der Waals surface area (Å²) in [5.41, 5.74) is 6.26. The van der Waals surface area contributed by atoms with Crippen molar-refractivity contribution in [2.45, 2.75) is 13.8 Å². The SMILES string of the molecule is Cc1ccc(-c2csc(C(C#N)=Cc3cc4cc(C)ccc4nc3Cl)n2)cc1. The molecule has 0 amide bonds. The number of aromatic nitrogens is 2. The number of pyridine rings is 1. The lowest BCUT2D eigenvalue weighted by atomic mass is 10.1. The highest BCUT2D eigenvalue weighted by molar-refractivity contribution is 7.11. The first kappa shape index (κ1) is 18.4. The zero-order chi connectivity index (χ0) is 19.7. The number of aryl methyl sites for hydroxylation is 2. The fraction of sp³-hybridized carbons (Fsp3) is 0.0870. The van der Waals surface area contributed by atoms with E-state index in [0.29, 0.717) is 21.3 Å². The van der Waals surface area contributed by atoms with Crippen molar-refractivity contribution in [3.63, 3.8) is 0 Å². The molecule has 28 heavy (non-hydrogen) atoms. The molecule has 136 valence electrons. The number of thiazole rings is 1. The summed E-state index contributed by atoms with van der Waals surface area (Å²) in [6.45, 7) is 4.09. The van der Waals surface area contributed by atoms with Crippen molar-refractivity contribution in [3.8, 4) is 17.3 Å². The Labute approximate surface area is 172 Å². The van der Waals surface area contributed by atoms with Crippen LogP contribution in [0.2, 0.25) is 5.15 Å². The summed E-state index contributed by atoms with van der Waals surface area (Å²) in [7, 11) is 0. The zero-order valence-corrected chi connectivity index (χ0v) is 17.0. The first-order valence-corrected chi connectivity index (χ1v) is 10.0. The van der Waals surface area contributed by atoms with Crippen molar-refractivity contribution in [2.75, 3.05) is 0 Å². The van der Waals surface area contributed by atoms with Crippen LogP contribution in [-0.4, -0.2) is 9.97 Å². The molecule has 0 bridgehead atoms. The third-order valence-electron chi connectivity index (χ3n) is 4.45. The topological polar surface area (TPSA) is 49.6 Å². The standard InChI is InChI=1S/C23H16ClN3S/c1-14-3-6-16(7-4-14)21-13-28-23(27-21)19(12-25)11-18-10-17-9-15(2)5-8-20(17)26-22(18)24/h3-11,13H,1-2H3. The summed E-state index contributed by atoms with van der Waals surface area (Å²) in [6.07, 6.45) is 1.76. The first-order chi connectivity index (χ1) is 13.5. The first-order valence-electron chi connectivity index (χ1n) is 8.75. The lowest BCUT2D eigenvalue weighted by Gasteiger charge is -2.04. The second-order valence-electron chi connectivity index (χ2n) is 6.64. The summed E-state index contributed by atoms with van der Waals surface area (Å²) in [6, 6.07) is 18.4. The minimum atomic E-state index is 0.374. The van der Waals surface area contributed by atoms with Crippen molar-refractivity contribution in [1.29, 1.82) is 5.26 Å². The Hall–Kier alpha value is -3.00. The Morgan fingerprint density at radius 2 is 1.79 bits per heavy atom. The molecular weight excluding hydrogens is 386 g/mol. The van der Waals surface area contributed by atoms with Gasteiger partial charge >= 0.3 is 0 Å². The molecule has 0 aliphatic heterocycles. The van der Waals surface area contributed by atoms with E-state index in [2.05, 4.69) is 41.2 Å². The van der Waals surface area contributed by atoms with Gasteiger partial charge in [0.1, 0.15) is 16.2 Å². The number of nitrogens with zero attached hydrogens (tertiary/aromatic N) is 3. The van der Waals surface area contributed by atoms with E-state index < -0.39 is 0 Å². The molecule has 0 aliphatic rings. The van der Waals surface area contributed by atoms with Crippen molar-refractivity contribution in [3.05, 3.63) is 80.8 Å². The second-order valence-corrected chi connectivity index (χ2v) is 7.85. The van der Waals surface area contributed by atoms with E-state index in [9.17, 15) is 5.26 Å². The smallest absolute Gasteiger partial charge is 0.137 e. The lowest BCUT2D eigenvalue weighted by molar-refractivity contribution is 1.36. The van der Waals surface area contributed by atoms with Crippen LogP contribution in [0.15, 0.2) is 53.9 Å². The molecule has 2 aromatic carbocycles. The molecule has 0 aliphatic carbocycles. The Kier molecular flexibility index (Phi) is 4.95. The molecule has 4 aromatic rings. The molecule has 0 atom stereocenters. The van der Waals surface area contributed by atoms with Crippen LogP contribution in [0.5, 0.6) is 0 Å². The van der Waals surface area contributed by atoms with Gasteiger partial charge in [-0.3, -0.25) is 0 Å². The van der Waals surface area contributed by atoms with Crippen LogP contribution in [0.4, 0.5) is 0 Å². The van der Waals surface area contributed by atoms with Gasteiger partial charge in [-0.25, -0.2) is 9.97 Å². The Balaban J connectivity index is 1.74. The highest BCUT2D eigenvalue weighted by Gasteiger charge is 2.11. The number of allylic oxidation sites excluding steroid dienone is 1. The number of halogens is 1. The van der Waals surface area contributed by atoms with Crippen molar-refractivity contribution < 1.29 is 0 Å². The summed E-state index contributed by atoms with van der Waals surface area (Å²) in [5, 5.41) is 13.7. The largest absolute Gasteiger partial charge is 0.235 e. The van der Waals surface area contributed by atoms with E-state index in [1.165, 1.54) is 16.9 Å². The fourth-order valence-electron chi connectivity index (χ4n) is 2.94. The lowest BCUT2D eigenvalue weighted by Crippen LogP contribution is -1.88. The third-order valence-corrected chi connectivity index (χ3v) is 5.63. The monoisotopic (exact) mass is 401 g/mol. The van der Waals surface area contributed by atoms with Crippen molar-refractivity contribution in [1.82, 2.24) is 9.97 Å². The van der Waals surface area contributed by atoms with Crippen LogP contribution in [0, 0.1) is 25.2 Å². The minimum Gasteiger partial charge on any atom is -0.235 e. The highest BCUT2D eigenvalue weighted by Crippen LogP contribution is 2.29. The molecule has 0 unspecified atom stereocenters. The van der Waals surface area contributed by atoms with E-state index >= 15 is 0 Å². The van der Waals surface area contributed by atoms with Gasteiger partial charge in [0.25, 0.3) is 0 Å². The van der Waals surface area contributed by atoms with E-state index in [-0.39, 0.29) is 0 Å². The maximum Gasteiger partial charge on any atom is 0.137 e. The molecule has 0 fully saturated rings. The highest BCUT2D eigenvalue weighted by atomic mass is 35.5. The number of hydrogen-bond donors (Lipinski definition) is 0. The van der Waals surface area contributed by atoms with Gasteiger partial charge < -0.3 is 0 Å². The molecule has 4 rings (SSSR count). The van der Waals surface area contributed by atoms with E-state index in [4.69, 9.17) is 11.6 Å². The Morgan fingerprint density at radius 3 is 2.54 bits per heavy atom. The van der Waals surface area contributed by atoms with Crippen LogP contribution >= 0.6 is 22.9 Å². The fourth-order valence-corrected chi connectivity index (χ4v) is 3.94. The van der Waals surface area contributed by atoms with Gasteiger partial charge in [-0.1, -0.05) is 53.1 Å². The number of rotatable bonds is 3. The average Bonchev–Trinajstić information content (AvgIpc) is 3.17. The van der Waals surface area contributed by atoms with Crippen LogP contribution < -0.4 is 0 Å². The molecule has 0 N–H and O–H groups in total. The molecule has 3 nitrogen and oxygen atoms in total. The summed E-state index contributed by atoms with van der Waals surface area (Å²) in [5.74, 6) is 0. The quantitative estimate of drug-likeness (QED) is 0.283. The molecule has 5 heteroatoms. The van der Waals surface area contributed by atoms with Crippen LogP contribution in [-0.2, 0) is 0 Å². The summed E-state index contributed by atoms with van der Waals surface area (Å²) < 4.78 is 0. The Morgan fingerprint density at radius 1 is 1.04 bits per heavy atom. The summed E-state index contributed by atoms with van der Waals surface area (Å²) in [4.78, 5) is 9.10. The maximum absolute atomic E-state index is 9.69. The maximum atomic E-state index is 9.69. The number of nitriles is 1. The van der Waals surface area contributed by atoms with E-state index in [1.54, 1.807) is 6.08 Å². The predicted molar refractivity (Wildman–Crippen MR) is 117 cm³/mol. The van der Waals surface area contributed by atoms with E-state index in [1.807, 2.05) is 42.6 Å². The Bertz CT molecular complexity index is 1250. The van der Waals surface area contributed by atoms with Crippen molar-refractivity contribution in [2.24, 2.45) is 0 Å². The molecule has 0 spiro atoms. The van der Waals surface area contributed by atoms with Gasteiger partial charge in [0.15, 0.2) is 0 Å². The molecule has 0 radical (unpaired) electrons. The number of hydrogen-bond acceptors (Lipinski definition) is 4. The average molecular weight is 402 g/mol. The van der Waals surface area contributed by atoms with Gasteiger partial charge in [-0.2, -0.15) is 5.26 Å². The molecule has 2 heterocycles. The zero-order valence-electron chi connectivity index (χ0n) is 15.4. The molecular formula is C23H16ClN3S. The second kappa shape index (κ2) is 7.55. The van der Waals surface area contributed by atoms with Crippen LogP contribution in [0.25, 0.3) is 33.8 Å². The van der Waals surface area contributed by atoms with Crippen LogP contribution in [0.3, 0.4) is 0 Å². The predicted octanol–water partition coefficient (Wildman–Crippen LogP) is 6.69. The van der Waals surface area contributed by atoms with Gasteiger partial charge in [0, 0.05) is 21.9 Å². The summed E-state index contributed by atoms with van der Waals surface area (Å²) >= 11 is 7.81. The van der Waals surface area contributed by atoms with Gasteiger partial charge in [0.05, 0.1) is 16.8 Å². The van der Waals surface area contributed by atoms with Crippen LogP contribution in [0.1, 0.15) is 21.7 Å². The van der Waals surface area contributed by atoms with Crippen molar-refractivity contribution >= 4 is 45.5 Å². The number of benzene rings is 2. The molecule has 0 saturated heterocycles. The minimum absolute atomic E-state index is 0.374. The molecule has 2 aromatic heterocycles. The van der Waals surface area contributed by atoms with Gasteiger partial charge in [0.2, 0.25) is 0 Å². The number of fused-ring (bicyclic) bond motifs is 1.